The van der Waals surface area contributed by atoms with Crippen LogP contribution >= 0.6 is 11.6 Å². The molecule has 1 aromatic heterocycles. The molecule has 0 unspecified atom stereocenters. The molecule has 0 amide bonds. The lowest BCUT2D eigenvalue weighted by Crippen LogP contribution is -2.31. The molecule has 0 bridgehead atoms. The number of hydrogen-bond donors (Lipinski definition) is 0. The van der Waals surface area contributed by atoms with Crippen LogP contribution in [0.5, 0.6) is 0 Å². The Kier molecular flexibility index (Phi) is 3.93. The van der Waals surface area contributed by atoms with Crippen LogP contribution in [0.2, 0.25) is 5.28 Å². The van der Waals surface area contributed by atoms with Crippen LogP contribution in [-0.4, -0.2) is 41.2 Å². The maximum atomic E-state index is 11.0. The van der Waals surface area contributed by atoms with E-state index in [4.69, 9.17) is 16.3 Å². The van der Waals surface area contributed by atoms with Gasteiger partial charge >= 0.3 is 5.69 Å². The standard InChI is InChI=1S/C10H13ClN4O3/c1-18-5-4-14(7-2-3-7)9-8(15(16)17)6-12-10(11)13-9/h6-7H,2-5H2,1H3. The summed E-state index contributed by atoms with van der Waals surface area (Å²) in [5.41, 5.74) is -0.123. The van der Waals surface area contributed by atoms with Crippen LogP contribution < -0.4 is 4.90 Å². The summed E-state index contributed by atoms with van der Waals surface area (Å²) in [6, 6.07) is 0.282. The predicted molar refractivity (Wildman–Crippen MR) is 65.9 cm³/mol. The Morgan fingerprint density at radius 1 is 1.67 bits per heavy atom. The second-order valence-electron chi connectivity index (χ2n) is 4.02. The molecule has 8 heteroatoms. The van der Waals surface area contributed by atoms with Crippen LogP contribution in [0.1, 0.15) is 12.8 Å². The largest absolute Gasteiger partial charge is 0.383 e. The van der Waals surface area contributed by atoms with Crippen LogP contribution in [0, 0.1) is 10.1 Å². The normalized spacial score (nSPS) is 14.6. The number of rotatable bonds is 6. The van der Waals surface area contributed by atoms with E-state index in [-0.39, 0.29) is 22.8 Å². The summed E-state index contributed by atoms with van der Waals surface area (Å²) in [6.07, 6.45) is 3.15. The average molecular weight is 273 g/mol. The van der Waals surface area contributed by atoms with E-state index in [1.54, 1.807) is 7.11 Å². The van der Waals surface area contributed by atoms with Crippen LogP contribution in [0.15, 0.2) is 6.20 Å². The van der Waals surface area contributed by atoms with Crippen molar-refractivity contribution >= 4 is 23.1 Å². The van der Waals surface area contributed by atoms with Gasteiger partial charge in [-0.05, 0) is 24.4 Å². The third-order valence-electron chi connectivity index (χ3n) is 2.71. The molecule has 1 fully saturated rings. The summed E-state index contributed by atoms with van der Waals surface area (Å²) in [5, 5.41) is 11.0. The lowest BCUT2D eigenvalue weighted by Gasteiger charge is -2.22. The van der Waals surface area contributed by atoms with Crippen LogP contribution in [0.4, 0.5) is 11.5 Å². The summed E-state index contributed by atoms with van der Waals surface area (Å²) in [5.74, 6) is 0.277. The van der Waals surface area contributed by atoms with Gasteiger partial charge in [-0.3, -0.25) is 10.1 Å². The zero-order valence-electron chi connectivity index (χ0n) is 9.87. The molecule has 0 spiro atoms. The summed E-state index contributed by atoms with van der Waals surface area (Å²) >= 11 is 5.72. The summed E-state index contributed by atoms with van der Waals surface area (Å²) in [4.78, 5) is 20.0. The quantitative estimate of drug-likeness (QED) is 0.445. The zero-order chi connectivity index (χ0) is 13.1. The number of anilines is 1. The monoisotopic (exact) mass is 272 g/mol. The predicted octanol–water partition coefficient (Wildman–Crippen LogP) is 1.65. The van der Waals surface area contributed by atoms with E-state index in [1.807, 2.05) is 4.90 Å². The first-order valence-corrected chi connectivity index (χ1v) is 5.93. The van der Waals surface area contributed by atoms with E-state index in [0.717, 1.165) is 19.0 Å². The number of halogens is 1. The minimum atomic E-state index is -0.492. The van der Waals surface area contributed by atoms with Crippen LogP contribution in [-0.2, 0) is 4.74 Å². The topological polar surface area (TPSA) is 81.4 Å². The van der Waals surface area contributed by atoms with Crippen molar-refractivity contribution in [3.63, 3.8) is 0 Å². The fraction of sp³-hybridized carbons (Fsp3) is 0.600. The van der Waals surface area contributed by atoms with Gasteiger partial charge in [0.2, 0.25) is 11.1 Å². The number of aromatic nitrogens is 2. The molecule has 0 radical (unpaired) electrons. The van der Waals surface area contributed by atoms with E-state index < -0.39 is 4.92 Å². The molecule has 0 atom stereocenters. The van der Waals surface area contributed by atoms with Gasteiger partial charge in [0, 0.05) is 19.7 Å². The smallest absolute Gasteiger partial charge is 0.329 e. The van der Waals surface area contributed by atoms with Crippen molar-refractivity contribution in [1.82, 2.24) is 9.97 Å². The van der Waals surface area contributed by atoms with Gasteiger partial charge in [-0.15, -0.1) is 0 Å². The fourth-order valence-electron chi connectivity index (χ4n) is 1.72. The Morgan fingerprint density at radius 3 is 2.94 bits per heavy atom. The van der Waals surface area contributed by atoms with Gasteiger partial charge < -0.3 is 9.64 Å². The van der Waals surface area contributed by atoms with Crippen molar-refractivity contribution in [3.05, 3.63) is 21.6 Å². The van der Waals surface area contributed by atoms with Crippen molar-refractivity contribution in [3.8, 4) is 0 Å². The summed E-state index contributed by atoms with van der Waals surface area (Å²) in [7, 11) is 1.59. The number of nitro groups is 1. The van der Waals surface area contributed by atoms with Crippen LogP contribution in [0.25, 0.3) is 0 Å². The highest BCUT2D eigenvalue weighted by Gasteiger charge is 2.34. The third-order valence-corrected chi connectivity index (χ3v) is 2.90. The first-order chi connectivity index (χ1) is 8.63. The molecule has 1 aromatic rings. The molecular formula is C10H13ClN4O3. The Balaban J connectivity index is 2.32. The number of methoxy groups -OCH3 is 1. The maximum absolute atomic E-state index is 11.0. The van der Waals surface area contributed by atoms with E-state index >= 15 is 0 Å². The SMILES string of the molecule is COCCN(c1nc(Cl)ncc1[N+](=O)[O-])C1CC1. The van der Waals surface area contributed by atoms with E-state index in [2.05, 4.69) is 9.97 Å². The highest BCUT2D eigenvalue weighted by Crippen LogP contribution is 2.35. The number of hydrogen-bond acceptors (Lipinski definition) is 6. The molecule has 1 heterocycles. The molecule has 0 N–H and O–H groups in total. The average Bonchev–Trinajstić information content (AvgIpc) is 3.13. The van der Waals surface area contributed by atoms with Crippen molar-refractivity contribution < 1.29 is 9.66 Å². The Hall–Kier alpha value is -1.47. The third kappa shape index (κ3) is 2.85. The lowest BCUT2D eigenvalue weighted by atomic mass is 10.4. The molecule has 1 saturated carbocycles. The van der Waals surface area contributed by atoms with Gasteiger partial charge in [0.1, 0.15) is 6.20 Å². The van der Waals surface area contributed by atoms with Gasteiger partial charge in [0.05, 0.1) is 11.5 Å². The zero-order valence-corrected chi connectivity index (χ0v) is 10.6. The molecule has 18 heavy (non-hydrogen) atoms. The Morgan fingerprint density at radius 2 is 2.39 bits per heavy atom. The molecule has 1 aliphatic carbocycles. The minimum Gasteiger partial charge on any atom is -0.383 e. The van der Waals surface area contributed by atoms with Gasteiger partial charge in [-0.2, -0.15) is 4.98 Å². The van der Waals surface area contributed by atoms with Crippen LogP contribution in [0.3, 0.4) is 0 Å². The van der Waals surface area contributed by atoms with Gasteiger partial charge in [0.15, 0.2) is 0 Å². The van der Waals surface area contributed by atoms with Crippen molar-refractivity contribution in [1.29, 1.82) is 0 Å². The molecule has 1 aliphatic rings. The molecule has 0 saturated heterocycles. The van der Waals surface area contributed by atoms with Crippen molar-refractivity contribution in [2.75, 3.05) is 25.2 Å². The molecular weight excluding hydrogens is 260 g/mol. The van der Waals surface area contributed by atoms with E-state index in [1.165, 1.54) is 0 Å². The van der Waals surface area contributed by atoms with Gasteiger partial charge in [-0.1, -0.05) is 0 Å². The second-order valence-corrected chi connectivity index (χ2v) is 4.36. The van der Waals surface area contributed by atoms with Crippen molar-refractivity contribution in [2.45, 2.75) is 18.9 Å². The van der Waals surface area contributed by atoms with E-state index in [0.29, 0.717) is 13.2 Å². The summed E-state index contributed by atoms with van der Waals surface area (Å²) in [6.45, 7) is 1.03. The minimum absolute atomic E-state index is 0.0127. The fourth-order valence-corrected chi connectivity index (χ4v) is 1.85. The first kappa shape index (κ1) is 13.0. The summed E-state index contributed by atoms with van der Waals surface area (Å²) < 4.78 is 5.01. The molecule has 0 aliphatic heterocycles. The lowest BCUT2D eigenvalue weighted by molar-refractivity contribution is -0.384. The highest BCUT2D eigenvalue weighted by molar-refractivity contribution is 6.28. The van der Waals surface area contributed by atoms with E-state index in [9.17, 15) is 10.1 Å². The molecule has 0 aromatic carbocycles. The first-order valence-electron chi connectivity index (χ1n) is 5.56. The molecule has 7 nitrogen and oxygen atoms in total. The Bertz CT molecular complexity index is 453. The number of nitrogens with zero attached hydrogens (tertiary/aromatic N) is 4. The highest BCUT2D eigenvalue weighted by atomic mass is 35.5. The van der Waals surface area contributed by atoms with Crippen molar-refractivity contribution in [2.24, 2.45) is 0 Å². The van der Waals surface area contributed by atoms with Gasteiger partial charge in [0.25, 0.3) is 0 Å². The molecule has 98 valence electrons. The second kappa shape index (κ2) is 5.45. The van der Waals surface area contributed by atoms with Gasteiger partial charge in [-0.25, -0.2) is 4.98 Å². The Labute approximate surface area is 109 Å². The maximum Gasteiger partial charge on any atom is 0.329 e. The number of ether oxygens (including phenoxy) is 1. The molecule has 2 rings (SSSR count).